The smallest absolute Gasteiger partial charge is 0.146 e. The molecule has 0 aliphatic rings. The molecule has 0 fully saturated rings. The van der Waals surface area contributed by atoms with Crippen LogP contribution in [-0.2, 0) is 0 Å². The third-order valence-corrected chi connectivity index (χ3v) is 2.80. The van der Waals surface area contributed by atoms with Gasteiger partial charge in [0.15, 0.2) is 0 Å². The number of para-hydroxylation sites is 1. The van der Waals surface area contributed by atoms with E-state index < -0.39 is 6.09 Å². The summed E-state index contributed by atoms with van der Waals surface area (Å²) >= 11 is 0. The molecule has 1 amide bonds. The highest BCUT2D eigenvalue weighted by atomic mass is 16.4. The van der Waals surface area contributed by atoms with E-state index in [9.17, 15) is 9.90 Å². The van der Waals surface area contributed by atoms with Crippen molar-refractivity contribution in [2.75, 3.05) is 4.90 Å². The highest BCUT2D eigenvalue weighted by Gasteiger charge is 2.12. The van der Waals surface area contributed by atoms with Crippen molar-refractivity contribution in [1.82, 2.24) is 0 Å². The summed E-state index contributed by atoms with van der Waals surface area (Å²) < 4.78 is 0. The van der Waals surface area contributed by atoms with Gasteiger partial charge in [-0.25, -0.2) is 0 Å². The molecule has 0 saturated carbocycles. The summed E-state index contributed by atoms with van der Waals surface area (Å²) in [5, 5.41) is 11.4. The number of carboxylic acid groups (broad SMARTS) is 1. The van der Waals surface area contributed by atoms with Crippen LogP contribution < -0.4 is 10.0 Å². The first-order valence-electron chi connectivity index (χ1n) is 5.73. The molecule has 0 saturated heterocycles. The predicted octanol–water partition coefficient (Wildman–Crippen LogP) is 2.78. The van der Waals surface area contributed by atoms with Gasteiger partial charge in [-0.05, 0) is 43.2 Å². The number of hydrogen-bond donors (Lipinski definition) is 0. The van der Waals surface area contributed by atoms with Crippen LogP contribution in [0.4, 0.5) is 16.2 Å². The average molecular weight is 240 g/mol. The number of rotatable bonds is 2. The summed E-state index contributed by atoms with van der Waals surface area (Å²) in [7, 11) is 0. The second kappa shape index (κ2) is 4.92. The molecule has 3 heteroatoms. The van der Waals surface area contributed by atoms with Crippen molar-refractivity contribution in [3.05, 3.63) is 59.7 Å². The number of anilines is 2. The Morgan fingerprint density at radius 3 is 2.39 bits per heavy atom. The van der Waals surface area contributed by atoms with E-state index in [1.54, 1.807) is 12.1 Å². The first kappa shape index (κ1) is 12.2. The molecule has 18 heavy (non-hydrogen) atoms. The lowest BCUT2D eigenvalue weighted by atomic mass is 10.1. The van der Waals surface area contributed by atoms with Crippen molar-refractivity contribution in [2.45, 2.75) is 13.8 Å². The van der Waals surface area contributed by atoms with Crippen LogP contribution in [0.5, 0.6) is 0 Å². The van der Waals surface area contributed by atoms with Crippen molar-refractivity contribution in [1.29, 1.82) is 0 Å². The van der Waals surface area contributed by atoms with E-state index in [2.05, 4.69) is 0 Å². The van der Waals surface area contributed by atoms with Crippen LogP contribution in [0.1, 0.15) is 11.1 Å². The summed E-state index contributed by atoms with van der Waals surface area (Å²) in [6.45, 7) is 3.80. The molecule has 2 aromatic rings. The highest BCUT2D eigenvalue weighted by Crippen LogP contribution is 2.28. The molecule has 0 unspecified atom stereocenters. The van der Waals surface area contributed by atoms with E-state index in [4.69, 9.17) is 0 Å². The van der Waals surface area contributed by atoms with Gasteiger partial charge in [-0.15, -0.1) is 0 Å². The van der Waals surface area contributed by atoms with Crippen molar-refractivity contribution < 1.29 is 9.90 Å². The van der Waals surface area contributed by atoms with Crippen LogP contribution in [0.25, 0.3) is 0 Å². The van der Waals surface area contributed by atoms with E-state index in [0.717, 1.165) is 11.1 Å². The molecule has 0 spiro atoms. The van der Waals surface area contributed by atoms with E-state index >= 15 is 0 Å². The summed E-state index contributed by atoms with van der Waals surface area (Å²) in [5.41, 5.74) is 3.13. The summed E-state index contributed by atoms with van der Waals surface area (Å²) in [5.74, 6) is 0. The quantitative estimate of drug-likeness (QED) is 0.810. The molecule has 0 N–H and O–H groups in total. The van der Waals surface area contributed by atoms with E-state index in [1.165, 1.54) is 4.90 Å². The van der Waals surface area contributed by atoms with Crippen LogP contribution >= 0.6 is 0 Å². The third-order valence-electron chi connectivity index (χ3n) is 2.80. The van der Waals surface area contributed by atoms with Crippen molar-refractivity contribution in [3.63, 3.8) is 0 Å². The first-order valence-corrected chi connectivity index (χ1v) is 5.73. The maximum Gasteiger partial charge on any atom is 0.146 e. The van der Waals surface area contributed by atoms with Gasteiger partial charge in [-0.2, -0.15) is 0 Å². The summed E-state index contributed by atoms with van der Waals surface area (Å²) in [6.07, 6.45) is -1.23. The molecule has 92 valence electrons. The molecule has 0 aliphatic carbocycles. The fourth-order valence-corrected chi connectivity index (χ4v) is 1.92. The SMILES string of the molecule is Cc1cccc(N(C(=O)[O-])c2ccccc2C)c1. The van der Waals surface area contributed by atoms with E-state index in [1.807, 2.05) is 50.2 Å². The number of benzene rings is 2. The highest BCUT2D eigenvalue weighted by molar-refractivity contribution is 5.94. The van der Waals surface area contributed by atoms with Gasteiger partial charge in [0, 0.05) is 5.69 Å². The molecule has 0 heterocycles. The van der Waals surface area contributed by atoms with Crippen molar-refractivity contribution in [3.8, 4) is 0 Å². The Labute approximate surface area is 106 Å². The minimum atomic E-state index is -1.23. The van der Waals surface area contributed by atoms with Crippen molar-refractivity contribution >= 4 is 17.5 Å². The molecule has 2 rings (SSSR count). The summed E-state index contributed by atoms with van der Waals surface area (Å²) in [6, 6.07) is 14.7. The van der Waals surface area contributed by atoms with Gasteiger partial charge < -0.3 is 9.90 Å². The van der Waals surface area contributed by atoms with Gasteiger partial charge in [0.2, 0.25) is 0 Å². The Balaban J connectivity index is 2.54. The Morgan fingerprint density at radius 1 is 1.06 bits per heavy atom. The van der Waals surface area contributed by atoms with Gasteiger partial charge in [0.25, 0.3) is 0 Å². The third kappa shape index (κ3) is 2.35. The average Bonchev–Trinajstić information content (AvgIpc) is 2.32. The van der Waals surface area contributed by atoms with Crippen LogP contribution in [-0.4, -0.2) is 6.09 Å². The fraction of sp³-hybridized carbons (Fsp3) is 0.133. The summed E-state index contributed by atoms with van der Waals surface area (Å²) in [4.78, 5) is 12.6. The van der Waals surface area contributed by atoms with Crippen LogP contribution in [0.2, 0.25) is 0 Å². The molecule has 0 aromatic heterocycles. The molecule has 0 bridgehead atoms. The fourth-order valence-electron chi connectivity index (χ4n) is 1.92. The predicted molar refractivity (Wildman–Crippen MR) is 69.9 cm³/mol. The zero-order valence-electron chi connectivity index (χ0n) is 10.4. The second-order valence-electron chi connectivity index (χ2n) is 4.23. The van der Waals surface area contributed by atoms with Crippen LogP contribution in [0.3, 0.4) is 0 Å². The number of nitrogens with zero attached hydrogens (tertiary/aromatic N) is 1. The Bertz CT molecular complexity index is 578. The van der Waals surface area contributed by atoms with Gasteiger partial charge in [0.1, 0.15) is 6.09 Å². The Morgan fingerprint density at radius 2 is 1.78 bits per heavy atom. The molecule has 2 aromatic carbocycles. The lowest BCUT2D eigenvalue weighted by Crippen LogP contribution is -2.38. The van der Waals surface area contributed by atoms with Gasteiger partial charge in [-0.1, -0.05) is 30.3 Å². The monoisotopic (exact) mass is 240 g/mol. The normalized spacial score (nSPS) is 10.1. The zero-order valence-corrected chi connectivity index (χ0v) is 10.4. The lowest BCUT2D eigenvalue weighted by Gasteiger charge is -2.27. The Kier molecular flexibility index (Phi) is 3.33. The molecular weight excluding hydrogens is 226 g/mol. The zero-order chi connectivity index (χ0) is 13.1. The Hall–Kier alpha value is -2.29. The van der Waals surface area contributed by atoms with E-state index in [0.29, 0.717) is 11.4 Å². The lowest BCUT2D eigenvalue weighted by molar-refractivity contribution is -0.245. The van der Waals surface area contributed by atoms with Crippen LogP contribution in [0.15, 0.2) is 48.5 Å². The van der Waals surface area contributed by atoms with E-state index in [-0.39, 0.29) is 0 Å². The largest absolute Gasteiger partial charge is 0.529 e. The number of hydrogen-bond acceptors (Lipinski definition) is 2. The standard InChI is InChI=1S/C15H15NO2/c1-11-6-5-8-13(10-11)16(15(17)18)14-9-4-3-7-12(14)2/h3-10H,1-2H3,(H,17,18)/p-1. The molecule has 3 nitrogen and oxygen atoms in total. The minimum absolute atomic E-state index is 0.601. The number of amides is 1. The molecule has 0 aliphatic heterocycles. The maximum atomic E-state index is 11.4. The molecular formula is C15H14NO2-. The topological polar surface area (TPSA) is 43.4 Å². The van der Waals surface area contributed by atoms with Gasteiger partial charge in [-0.3, -0.25) is 4.90 Å². The second-order valence-corrected chi connectivity index (χ2v) is 4.23. The minimum Gasteiger partial charge on any atom is -0.529 e. The number of carbonyl (C=O) groups excluding carboxylic acids is 1. The van der Waals surface area contributed by atoms with Crippen LogP contribution in [0, 0.1) is 13.8 Å². The van der Waals surface area contributed by atoms with Crippen molar-refractivity contribution in [2.24, 2.45) is 0 Å². The van der Waals surface area contributed by atoms with Gasteiger partial charge in [0.05, 0.1) is 5.69 Å². The van der Waals surface area contributed by atoms with Gasteiger partial charge >= 0.3 is 0 Å². The maximum absolute atomic E-state index is 11.4. The molecule has 0 atom stereocenters. The first-order chi connectivity index (χ1) is 8.59. The number of aryl methyl sites for hydroxylation is 2. The number of carbonyl (C=O) groups is 1. The molecule has 0 radical (unpaired) electrons.